The molecule has 0 unspecified atom stereocenters. The van der Waals surface area contributed by atoms with Crippen LogP contribution in [0.4, 0.5) is 0 Å². The summed E-state index contributed by atoms with van der Waals surface area (Å²) in [4.78, 5) is 37.0. The van der Waals surface area contributed by atoms with Crippen molar-refractivity contribution in [2.24, 2.45) is 5.92 Å². The number of amides is 1. The summed E-state index contributed by atoms with van der Waals surface area (Å²) in [5.41, 5.74) is -0.244. The normalized spacial score (nSPS) is 12.0. The summed E-state index contributed by atoms with van der Waals surface area (Å²) >= 11 is 0. The van der Waals surface area contributed by atoms with E-state index in [4.69, 9.17) is 4.74 Å². The zero-order valence-electron chi connectivity index (χ0n) is 15.2. The number of nitrogens with zero attached hydrogens (tertiary/aromatic N) is 2. The van der Waals surface area contributed by atoms with Gasteiger partial charge in [0.05, 0.1) is 5.39 Å². The molecular weight excluding hydrogens is 334 g/mol. The van der Waals surface area contributed by atoms with Crippen LogP contribution >= 0.6 is 0 Å². The predicted octanol–water partition coefficient (Wildman–Crippen LogP) is 1.90. The van der Waals surface area contributed by atoms with Gasteiger partial charge in [0.15, 0.2) is 11.8 Å². The maximum atomic E-state index is 12.6. The van der Waals surface area contributed by atoms with Crippen molar-refractivity contribution in [3.8, 4) is 0 Å². The number of fused-ring (bicyclic) bond motifs is 1. The van der Waals surface area contributed by atoms with Crippen molar-refractivity contribution in [2.45, 2.75) is 33.4 Å². The first-order chi connectivity index (χ1) is 12.3. The van der Waals surface area contributed by atoms with Gasteiger partial charge in [-0.1, -0.05) is 38.1 Å². The highest BCUT2D eigenvalue weighted by molar-refractivity contribution is 6.02. The van der Waals surface area contributed by atoms with Gasteiger partial charge < -0.3 is 10.1 Å². The average molecular weight is 357 g/mol. The van der Waals surface area contributed by atoms with Gasteiger partial charge in [-0.3, -0.25) is 9.59 Å². The molecule has 0 saturated heterocycles. The monoisotopic (exact) mass is 357 g/mol. The smallest absolute Gasteiger partial charge is 0.360 e. The predicted molar refractivity (Wildman–Crippen MR) is 98.9 cm³/mol. The van der Waals surface area contributed by atoms with Crippen LogP contribution in [0, 0.1) is 5.92 Å². The Hall–Kier alpha value is -2.96. The Bertz CT molecular complexity index is 886. The Labute approximate surface area is 151 Å². The van der Waals surface area contributed by atoms with Crippen LogP contribution in [0.5, 0.6) is 0 Å². The number of carbonyl (C=O) groups excluding carboxylic acids is 2. The van der Waals surface area contributed by atoms with E-state index in [9.17, 15) is 14.4 Å². The molecule has 138 valence electrons. The zero-order valence-corrected chi connectivity index (χ0v) is 15.2. The standard InChI is InChI=1S/C19H23N3O4/c1-5-10-20-17(23)13(4)26-19(25)16-14-8-6-7-9-15(14)18(24)22(21-16)11-12(2)3/h5-9,12-13H,1,10-11H2,2-4H3,(H,20,23)/t13-/m1/s1. The van der Waals surface area contributed by atoms with E-state index in [1.165, 1.54) is 17.7 Å². The molecule has 0 radical (unpaired) electrons. The highest BCUT2D eigenvalue weighted by Crippen LogP contribution is 2.15. The first-order valence-corrected chi connectivity index (χ1v) is 8.44. The number of aromatic nitrogens is 2. The van der Waals surface area contributed by atoms with Gasteiger partial charge in [0.25, 0.3) is 11.5 Å². The van der Waals surface area contributed by atoms with E-state index in [-0.39, 0.29) is 23.7 Å². The number of nitrogens with one attached hydrogen (secondary N) is 1. The van der Waals surface area contributed by atoms with Crippen LogP contribution in [0.15, 0.2) is 41.7 Å². The summed E-state index contributed by atoms with van der Waals surface area (Å²) < 4.78 is 6.51. The van der Waals surface area contributed by atoms with Gasteiger partial charge in [0.2, 0.25) is 0 Å². The van der Waals surface area contributed by atoms with Crippen molar-refractivity contribution in [2.75, 3.05) is 6.54 Å². The molecule has 0 bridgehead atoms. The maximum absolute atomic E-state index is 12.6. The third-order valence-corrected chi connectivity index (χ3v) is 3.67. The van der Waals surface area contributed by atoms with Crippen molar-refractivity contribution in [1.29, 1.82) is 0 Å². The van der Waals surface area contributed by atoms with E-state index in [1.54, 1.807) is 24.3 Å². The third-order valence-electron chi connectivity index (χ3n) is 3.67. The molecule has 0 aliphatic rings. The minimum atomic E-state index is -0.992. The van der Waals surface area contributed by atoms with E-state index in [0.29, 0.717) is 17.3 Å². The summed E-state index contributed by atoms with van der Waals surface area (Å²) in [6.45, 7) is 9.54. The van der Waals surface area contributed by atoms with Crippen LogP contribution in [-0.4, -0.2) is 34.3 Å². The Morgan fingerprint density at radius 1 is 1.27 bits per heavy atom. The van der Waals surface area contributed by atoms with Crippen molar-refractivity contribution in [3.63, 3.8) is 0 Å². The second kappa shape index (κ2) is 8.42. The molecule has 0 fully saturated rings. The van der Waals surface area contributed by atoms with Crippen LogP contribution in [0.25, 0.3) is 10.8 Å². The zero-order chi connectivity index (χ0) is 19.3. The van der Waals surface area contributed by atoms with Gasteiger partial charge in [-0.15, -0.1) is 6.58 Å². The van der Waals surface area contributed by atoms with Crippen molar-refractivity contribution < 1.29 is 14.3 Å². The largest absolute Gasteiger partial charge is 0.448 e. The number of hydrogen-bond acceptors (Lipinski definition) is 5. The molecule has 0 spiro atoms. The lowest BCUT2D eigenvalue weighted by Gasteiger charge is -2.15. The van der Waals surface area contributed by atoms with Crippen molar-refractivity contribution in [1.82, 2.24) is 15.1 Å². The van der Waals surface area contributed by atoms with Gasteiger partial charge in [-0.05, 0) is 18.9 Å². The fraction of sp³-hybridized carbons (Fsp3) is 0.368. The molecule has 0 aliphatic carbocycles. The van der Waals surface area contributed by atoms with Crippen LogP contribution < -0.4 is 10.9 Å². The highest BCUT2D eigenvalue weighted by atomic mass is 16.5. The molecule has 1 aromatic heterocycles. The van der Waals surface area contributed by atoms with E-state index >= 15 is 0 Å². The molecule has 0 aliphatic heterocycles. The molecule has 2 aromatic rings. The molecule has 1 N–H and O–H groups in total. The number of ether oxygens (including phenoxy) is 1. The van der Waals surface area contributed by atoms with Gasteiger partial charge in [-0.2, -0.15) is 5.10 Å². The lowest BCUT2D eigenvalue weighted by molar-refractivity contribution is -0.128. The molecule has 2 rings (SSSR count). The summed E-state index contributed by atoms with van der Waals surface area (Å²) in [5, 5.41) is 7.55. The molecule has 1 heterocycles. The van der Waals surface area contributed by atoms with Gasteiger partial charge in [-0.25, -0.2) is 9.48 Å². The van der Waals surface area contributed by atoms with Gasteiger partial charge >= 0.3 is 5.97 Å². The molecule has 1 aromatic carbocycles. The first kappa shape index (κ1) is 19.4. The van der Waals surface area contributed by atoms with E-state index in [0.717, 1.165) is 0 Å². The van der Waals surface area contributed by atoms with E-state index < -0.39 is 18.0 Å². The Morgan fingerprint density at radius 3 is 2.54 bits per heavy atom. The topological polar surface area (TPSA) is 90.3 Å². The average Bonchev–Trinajstić information content (AvgIpc) is 2.61. The molecule has 7 heteroatoms. The minimum absolute atomic E-state index is 0.0178. The third kappa shape index (κ3) is 4.36. The number of hydrogen-bond donors (Lipinski definition) is 1. The lowest BCUT2D eigenvalue weighted by Crippen LogP contribution is -2.36. The maximum Gasteiger partial charge on any atom is 0.360 e. The number of rotatable bonds is 7. The van der Waals surface area contributed by atoms with Crippen LogP contribution in [0.2, 0.25) is 0 Å². The summed E-state index contributed by atoms with van der Waals surface area (Å²) in [5.74, 6) is -1.01. The highest BCUT2D eigenvalue weighted by Gasteiger charge is 2.23. The summed E-state index contributed by atoms with van der Waals surface area (Å²) in [6, 6.07) is 6.73. The fourth-order valence-electron chi connectivity index (χ4n) is 2.44. The van der Waals surface area contributed by atoms with Crippen LogP contribution in [0.3, 0.4) is 0 Å². The number of esters is 1. The number of carbonyl (C=O) groups is 2. The minimum Gasteiger partial charge on any atom is -0.448 e. The molecule has 0 saturated carbocycles. The Morgan fingerprint density at radius 2 is 1.92 bits per heavy atom. The van der Waals surface area contributed by atoms with Crippen LogP contribution in [0.1, 0.15) is 31.3 Å². The number of benzene rings is 1. The van der Waals surface area contributed by atoms with Crippen molar-refractivity contribution >= 4 is 22.6 Å². The summed E-state index contributed by atoms with van der Waals surface area (Å²) in [7, 11) is 0. The van der Waals surface area contributed by atoms with Gasteiger partial charge in [0, 0.05) is 18.5 Å². The van der Waals surface area contributed by atoms with Crippen LogP contribution in [-0.2, 0) is 16.1 Å². The molecule has 1 atom stereocenters. The van der Waals surface area contributed by atoms with Crippen molar-refractivity contribution in [3.05, 3.63) is 53.0 Å². The molecular formula is C19H23N3O4. The first-order valence-electron chi connectivity index (χ1n) is 8.44. The summed E-state index contributed by atoms with van der Waals surface area (Å²) in [6.07, 6.45) is 0.539. The van der Waals surface area contributed by atoms with E-state index in [2.05, 4.69) is 17.0 Å². The lowest BCUT2D eigenvalue weighted by atomic mass is 10.1. The Balaban J connectivity index is 2.39. The second-order valence-electron chi connectivity index (χ2n) is 6.36. The fourth-order valence-corrected chi connectivity index (χ4v) is 2.44. The second-order valence-corrected chi connectivity index (χ2v) is 6.36. The van der Waals surface area contributed by atoms with Gasteiger partial charge in [0.1, 0.15) is 0 Å². The molecule has 26 heavy (non-hydrogen) atoms. The molecule has 7 nitrogen and oxygen atoms in total. The molecule has 1 amide bonds. The SMILES string of the molecule is C=CCNC(=O)[C@@H](C)OC(=O)c1nn(CC(C)C)c(=O)c2ccccc12. The quantitative estimate of drug-likeness (QED) is 0.604. The Kier molecular flexibility index (Phi) is 6.27. The van der Waals surface area contributed by atoms with E-state index in [1.807, 2.05) is 13.8 Å².